The lowest BCUT2D eigenvalue weighted by Gasteiger charge is -2.34. The largest absolute Gasteiger partial charge is 0.369 e. The molecule has 6 rings (SSSR count). The summed E-state index contributed by atoms with van der Waals surface area (Å²) in [4.78, 5) is 25.3. The Morgan fingerprint density at radius 2 is 1.74 bits per heavy atom. The Morgan fingerprint density at radius 3 is 2.46 bits per heavy atom. The third-order valence-corrected chi connectivity index (χ3v) is 7.48. The van der Waals surface area contributed by atoms with E-state index >= 15 is 0 Å². The van der Waals surface area contributed by atoms with E-state index in [1.165, 1.54) is 11.8 Å². The molecule has 3 N–H and O–H groups in total. The zero-order chi connectivity index (χ0) is 26.9. The summed E-state index contributed by atoms with van der Waals surface area (Å²) >= 11 is 0. The Kier molecular flexibility index (Phi) is 6.46. The Labute approximate surface area is 227 Å². The average molecular weight is 518 g/mol. The predicted octanol–water partition coefficient (Wildman–Crippen LogP) is 5.47. The van der Waals surface area contributed by atoms with E-state index in [2.05, 4.69) is 80.3 Å². The van der Waals surface area contributed by atoms with Gasteiger partial charge in [0.15, 0.2) is 0 Å². The van der Waals surface area contributed by atoms with Gasteiger partial charge in [0.25, 0.3) is 0 Å². The minimum absolute atomic E-state index is 0.238. The molecule has 0 aliphatic carbocycles. The molecular weight excluding hydrogens is 486 g/mol. The van der Waals surface area contributed by atoms with Crippen LogP contribution in [0.3, 0.4) is 0 Å². The molecule has 0 unspecified atom stereocenters. The van der Waals surface area contributed by atoms with Crippen molar-refractivity contribution >= 4 is 28.3 Å². The fraction of sp³-hybridized carbons (Fsp3) is 0.194. The lowest BCUT2D eigenvalue weighted by Crippen LogP contribution is -2.44. The van der Waals surface area contributed by atoms with Crippen LogP contribution in [0.5, 0.6) is 0 Å². The Hall–Kier alpha value is -4.69. The number of aromatic amines is 2. The summed E-state index contributed by atoms with van der Waals surface area (Å²) in [6, 6.07) is 17.0. The molecule has 8 heteroatoms. The Balaban J connectivity index is 1.48. The van der Waals surface area contributed by atoms with Crippen LogP contribution in [0, 0.1) is 6.92 Å². The molecule has 196 valence electrons. The number of amides is 1. The third kappa shape index (κ3) is 4.82. The molecule has 1 aliphatic rings. The maximum absolute atomic E-state index is 12.1. The second-order valence-corrected chi connectivity index (χ2v) is 10.0. The second kappa shape index (κ2) is 10.2. The van der Waals surface area contributed by atoms with Crippen LogP contribution in [0.25, 0.3) is 44.5 Å². The second-order valence-electron chi connectivity index (χ2n) is 10.0. The molecule has 3 aromatic heterocycles. The SMILES string of the molecule is C=CC(=O)Nc1cc(-c2c(-c3ccc(N4CCN(C)CC4)cc3)[nH]c3ncc(-c4cn[nH]c4)cc23)ccc1C. The summed E-state index contributed by atoms with van der Waals surface area (Å²) in [6.45, 7) is 9.76. The zero-order valence-electron chi connectivity index (χ0n) is 22.2. The molecular formula is C31H31N7O. The van der Waals surface area contributed by atoms with Gasteiger partial charge in [0, 0.05) is 72.0 Å². The number of carbonyl (C=O) groups excluding carboxylic acids is 1. The van der Waals surface area contributed by atoms with Crippen molar-refractivity contribution in [2.45, 2.75) is 6.92 Å². The molecule has 1 amide bonds. The van der Waals surface area contributed by atoms with Gasteiger partial charge in [-0.05, 0) is 61.0 Å². The highest BCUT2D eigenvalue weighted by Crippen LogP contribution is 2.40. The Morgan fingerprint density at radius 1 is 0.974 bits per heavy atom. The van der Waals surface area contributed by atoms with E-state index < -0.39 is 0 Å². The molecule has 4 heterocycles. The summed E-state index contributed by atoms with van der Waals surface area (Å²) in [5.41, 5.74) is 9.77. The Bertz CT molecular complexity index is 1640. The highest BCUT2D eigenvalue weighted by molar-refractivity contribution is 6.05. The summed E-state index contributed by atoms with van der Waals surface area (Å²) in [5.74, 6) is -0.238. The van der Waals surface area contributed by atoms with Crippen molar-refractivity contribution in [3.63, 3.8) is 0 Å². The van der Waals surface area contributed by atoms with Gasteiger partial charge in [-0.3, -0.25) is 9.89 Å². The number of benzene rings is 2. The van der Waals surface area contributed by atoms with Gasteiger partial charge in [-0.25, -0.2) is 4.98 Å². The number of hydrogen-bond acceptors (Lipinski definition) is 5. The number of anilines is 2. The van der Waals surface area contributed by atoms with E-state index in [1.807, 2.05) is 31.5 Å². The average Bonchev–Trinajstić information content (AvgIpc) is 3.63. The highest BCUT2D eigenvalue weighted by atomic mass is 16.1. The summed E-state index contributed by atoms with van der Waals surface area (Å²) in [6.07, 6.45) is 6.80. The summed E-state index contributed by atoms with van der Waals surface area (Å²) in [5, 5.41) is 10.9. The van der Waals surface area contributed by atoms with E-state index in [0.29, 0.717) is 0 Å². The van der Waals surface area contributed by atoms with Gasteiger partial charge in [0.2, 0.25) is 5.91 Å². The van der Waals surface area contributed by atoms with Crippen LogP contribution in [0.4, 0.5) is 11.4 Å². The van der Waals surface area contributed by atoms with Crippen molar-refractivity contribution in [1.82, 2.24) is 25.1 Å². The van der Waals surface area contributed by atoms with Gasteiger partial charge in [0.1, 0.15) is 5.65 Å². The number of aromatic nitrogens is 4. The maximum Gasteiger partial charge on any atom is 0.247 e. The number of hydrogen-bond donors (Lipinski definition) is 3. The number of piperazine rings is 1. The van der Waals surface area contributed by atoms with Gasteiger partial charge < -0.3 is 20.1 Å². The van der Waals surface area contributed by atoms with Gasteiger partial charge in [-0.15, -0.1) is 0 Å². The minimum Gasteiger partial charge on any atom is -0.369 e. The van der Waals surface area contributed by atoms with Gasteiger partial charge >= 0.3 is 0 Å². The number of rotatable bonds is 6. The molecule has 1 fully saturated rings. The molecule has 1 saturated heterocycles. The highest BCUT2D eigenvalue weighted by Gasteiger charge is 2.19. The van der Waals surface area contributed by atoms with E-state index in [1.54, 1.807) is 6.20 Å². The number of likely N-dealkylation sites (N-methyl/N-ethyl adjacent to an activating group) is 1. The molecule has 0 spiro atoms. The van der Waals surface area contributed by atoms with Crippen LogP contribution >= 0.6 is 0 Å². The van der Waals surface area contributed by atoms with Gasteiger partial charge in [-0.2, -0.15) is 5.10 Å². The molecule has 0 atom stereocenters. The van der Waals surface area contributed by atoms with Crippen LogP contribution in [-0.2, 0) is 4.79 Å². The third-order valence-electron chi connectivity index (χ3n) is 7.48. The monoisotopic (exact) mass is 517 g/mol. The normalized spacial score (nSPS) is 14.1. The first-order valence-electron chi connectivity index (χ1n) is 13.1. The van der Waals surface area contributed by atoms with Gasteiger partial charge in [0.05, 0.1) is 11.9 Å². The lowest BCUT2D eigenvalue weighted by molar-refractivity contribution is -0.111. The molecule has 8 nitrogen and oxygen atoms in total. The van der Waals surface area contributed by atoms with E-state index in [9.17, 15) is 4.79 Å². The molecule has 39 heavy (non-hydrogen) atoms. The van der Waals surface area contributed by atoms with Crippen molar-refractivity contribution in [2.24, 2.45) is 0 Å². The zero-order valence-corrected chi connectivity index (χ0v) is 22.2. The van der Waals surface area contributed by atoms with E-state index in [0.717, 1.165) is 82.0 Å². The van der Waals surface area contributed by atoms with Crippen LogP contribution in [0.15, 0.2) is 79.8 Å². The maximum atomic E-state index is 12.1. The first-order valence-corrected chi connectivity index (χ1v) is 13.1. The number of nitrogens with zero attached hydrogens (tertiary/aromatic N) is 4. The van der Waals surface area contributed by atoms with Crippen LogP contribution in [-0.4, -0.2) is 64.2 Å². The molecule has 0 bridgehead atoms. The molecule has 0 saturated carbocycles. The lowest BCUT2D eigenvalue weighted by atomic mass is 9.96. The van der Waals surface area contributed by atoms with Crippen molar-refractivity contribution in [2.75, 3.05) is 43.4 Å². The standard InChI is InChI=1S/C31H31N7O/c1-4-28(39)35-27-16-22(6-5-20(27)2)29-26-15-23(24-18-33-34-19-24)17-32-31(26)36-30(29)21-7-9-25(10-8-21)38-13-11-37(3)12-14-38/h4-10,15-19H,1,11-14H2,2-3H3,(H,32,36)(H,33,34)(H,35,39). The van der Waals surface area contributed by atoms with Crippen LogP contribution in [0.1, 0.15) is 5.56 Å². The summed E-state index contributed by atoms with van der Waals surface area (Å²) in [7, 11) is 2.17. The number of pyridine rings is 1. The minimum atomic E-state index is -0.238. The van der Waals surface area contributed by atoms with E-state index in [4.69, 9.17) is 4.98 Å². The number of H-pyrrole nitrogens is 2. The fourth-order valence-corrected chi connectivity index (χ4v) is 5.15. The van der Waals surface area contributed by atoms with Crippen molar-refractivity contribution < 1.29 is 4.79 Å². The molecule has 0 radical (unpaired) electrons. The van der Waals surface area contributed by atoms with Crippen molar-refractivity contribution in [3.05, 3.63) is 85.3 Å². The topological polar surface area (TPSA) is 92.9 Å². The molecule has 2 aromatic carbocycles. The number of nitrogens with one attached hydrogen (secondary N) is 3. The van der Waals surface area contributed by atoms with Gasteiger partial charge in [-0.1, -0.05) is 30.8 Å². The van der Waals surface area contributed by atoms with Crippen LogP contribution in [0.2, 0.25) is 0 Å². The predicted molar refractivity (Wildman–Crippen MR) is 158 cm³/mol. The quantitative estimate of drug-likeness (QED) is 0.260. The van der Waals surface area contributed by atoms with Crippen molar-refractivity contribution in [1.29, 1.82) is 0 Å². The number of aryl methyl sites for hydroxylation is 1. The molecule has 1 aliphatic heterocycles. The first kappa shape index (κ1) is 24.6. The number of fused-ring (bicyclic) bond motifs is 1. The molecule has 5 aromatic rings. The first-order chi connectivity index (χ1) is 19.0. The summed E-state index contributed by atoms with van der Waals surface area (Å²) < 4.78 is 0. The number of carbonyl (C=O) groups is 1. The van der Waals surface area contributed by atoms with Crippen LogP contribution < -0.4 is 10.2 Å². The smallest absolute Gasteiger partial charge is 0.247 e. The van der Waals surface area contributed by atoms with E-state index in [-0.39, 0.29) is 5.91 Å². The van der Waals surface area contributed by atoms with Crippen molar-refractivity contribution in [3.8, 4) is 33.5 Å². The fourth-order valence-electron chi connectivity index (χ4n) is 5.15.